The van der Waals surface area contributed by atoms with Gasteiger partial charge in [-0.05, 0) is 24.3 Å². The summed E-state index contributed by atoms with van der Waals surface area (Å²) in [4.78, 5) is 11.5. The molecule has 5 heteroatoms. The highest BCUT2D eigenvalue weighted by atomic mass is 79.9. The Kier molecular flexibility index (Phi) is 4.04. The number of anilines is 1. The maximum Gasteiger partial charge on any atom is 0.250 e. The van der Waals surface area contributed by atoms with Crippen LogP contribution < -0.4 is 16.0 Å². The van der Waals surface area contributed by atoms with Crippen molar-refractivity contribution < 1.29 is 4.74 Å². The van der Waals surface area contributed by atoms with Gasteiger partial charge in [-0.2, -0.15) is 0 Å². The standard InChI is InChI=1S/C13H13BrN2O2/c14-10-2-1-3-12(8-10)18-7-6-16-9-11(15)4-5-13(16)17/h1-5,8-9H,6-7,15H2. The molecule has 18 heavy (non-hydrogen) atoms. The number of aromatic nitrogens is 1. The first-order valence-corrected chi connectivity index (χ1v) is 6.29. The van der Waals surface area contributed by atoms with Gasteiger partial charge in [0, 0.05) is 22.4 Å². The van der Waals surface area contributed by atoms with Crippen molar-refractivity contribution in [1.29, 1.82) is 0 Å². The topological polar surface area (TPSA) is 57.2 Å². The Labute approximate surface area is 113 Å². The number of rotatable bonds is 4. The minimum absolute atomic E-state index is 0.0814. The third-order valence-electron chi connectivity index (χ3n) is 2.40. The third kappa shape index (κ3) is 3.37. The molecule has 0 saturated heterocycles. The van der Waals surface area contributed by atoms with E-state index >= 15 is 0 Å². The smallest absolute Gasteiger partial charge is 0.250 e. The van der Waals surface area contributed by atoms with Gasteiger partial charge in [-0.25, -0.2) is 0 Å². The number of pyridine rings is 1. The Bertz CT molecular complexity index is 596. The second-order valence-corrected chi connectivity index (χ2v) is 4.72. The van der Waals surface area contributed by atoms with Crippen molar-refractivity contribution >= 4 is 21.6 Å². The van der Waals surface area contributed by atoms with Gasteiger partial charge in [-0.1, -0.05) is 22.0 Å². The number of halogens is 1. The minimum atomic E-state index is -0.0814. The first-order valence-electron chi connectivity index (χ1n) is 5.49. The maximum absolute atomic E-state index is 11.5. The zero-order valence-electron chi connectivity index (χ0n) is 9.67. The maximum atomic E-state index is 11.5. The zero-order chi connectivity index (χ0) is 13.0. The van der Waals surface area contributed by atoms with E-state index in [0.29, 0.717) is 18.8 Å². The molecular formula is C13H13BrN2O2. The van der Waals surface area contributed by atoms with Crippen LogP contribution in [0, 0.1) is 0 Å². The van der Waals surface area contributed by atoms with Crippen molar-refractivity contribution in [1.82, 2.24) is 4.57 Å². The highest BCUT2D eigenvalue weighted by Crippen LogP contribution is 2.17. The first kappa shape index (κ1) is 12.7. The average molecular weight is 309 g/mol. The summed E-state index contributed by atoms with van der Waals surface area (Å²) >= 11 is 3.37. The number of nitrogens with two attached hydrogens (primary N) is 1. The van der Waals surface area contributed by atoms with Crippen LogP contribution in [0.5, 0.6) is 5.75 Å². The van der Waals surface area contributed by atoms with Gasteiger partial charge in [-0.3, -0.25) is 4.79 Å². The second kappa shape index (κ2) is 5.73. The summed E-state index contributed by atoms with van der Waals surface area (Å²) in [6.45, 7) is 0.885. The molecule has 2 rings (SSSR count). The quantitative estimate of drug-likeness (QED) is 0.942. The lowest BCUT2D eigenvalue weighted by Crippen LogP contribution is -2.22. The fourth-order valence-corrected chi connectivity index (χ4v) is 1.92. The highest BCUT2D eigenvalue weighted by Gasteiger charge is 1.98. The summed E-state index contributed by atoms with van der Waals surface area (Å²) < 4.78 is 8.05. The molecule has 0 radical (unpaired) electrons. The number of nitrogen functional groups attached to an aromatic ring is 1. The van der Waals surface area contributed by atoms with E-state index in [2.05, 4.69) is 15.9 Å². The summed E-state index contributed by atoms with van der Waals surface area (Å²) in [5, 5.41) is 0. The van der Waals surface area contributed by atoms with Crippen molar-refractivity contribution in [3.05, 3.63) is 57.4 Å². The number of nitrogens with zero attached hydrogens (tertiary/aromatic N) is 1. The van der Waals surface area contributed by atoms with Gasteiger partial charge in [0.2, 0.25) is 0 Å². The lowest BCUT2D eigenvalue weighted by molar-refractivity contribution is 0.296. The molecule has 2 N–H and O–H groups in total. The molecule has 0 aliphatic heterocycles. The molecule has 94 valence electrons. The molecular weight excluding hydrogens is 296 g/mol. The normalized spacial score (nSPS) is 10.3. The van der Waals surface area contributed by atoms with Gasteiger partial charge >= 0.3 is 0 Å². The van der Waals surface area contributed by atoms with E-state index in [0.717, 1.165) is 10.2 Å². The van der Waals surface area contributed by atoms with E-state index < -0.39 is 0 Å². The van der Waals surface area contributed by atoms with Crippen molar-refractivity contribution in [2.24, 2.45) is 0 Å². The molecule has 0 fully saturated rings. The Morgan fingerprint density at radius 1 is 1.28 bits per heavy atom. The molecule has 0 bridgehead atoms. The van der Waals surface area contributed by atoms with Crippen LogP contribution >= 0.6 is 15.9 Å². The van der Waals surface area contributed by atoms with Crippen LogP contribution in [-0.2, 0) is 6.54 Å². The van der Waals surface area contributed by atoms with E-state index in [9.17, 15) is 4.79 Å². The lowest BCUT2D eigenvalue weighted by Gasteiger charge is -2.08. The van der Waals surface area contributed by atoms with Gasteiger partial charge in [0.05, 0.1) is 6.54 Å². The molecule has 0 spiro atoms. The third-order valence-corrected chi connectivity index (χ3v) is 2.90. The van der Waals surface area contributed by atoms with E-state index in [1.165, 1.54) is 10.6 Å². The van der Waals surface area contributed by atoms with E-state index in [4.69, 9.17) is 10.5 Å². The van der Waals surface area contributed by atoms with Crippen LogP contribution in [0.4, 0.5) is 5.69 Å². The van der Waals surface area contributed by atoms with Gasteiger partial charge in [0.1, 0.15) is 12.4 Å². The van der Waals surface area contributed by atoms with Crippen LogP contribution in [0.25, 0.3) is 0 Å². The van der Waals surface area contributed by atoms with Crippen molar-refractivity contribution in [3.63, 3.8) is 0 Å². The molecule has 0 saturated carbocycles. The summed E-state index contributed by atoms with van der Waals surface area (Å²) in [5.41, 5.74) is 6.11. The van der Waals surface area contributed by atoms with Crippen LogP contribution in [0.15, 0.2) is 51.9 Å². The predicted molar refractivity (Wildman–Crippen MR) is 74.8 cm³/mol. The van der Waals surface area contributed by atoms with Gasteiger partial charge < -0.3 is 15.0 Å². The molecule has 1 aromatic heterocycles. The van der Waals surface area contributed by atoms with Crippen molar-refractivity contribution in [2.75, 3.05) is 12.3 Å². The summed E-state index contributed by atoms with van der Waals surface area (Å²) in [5.74, 6) is 0.765. The highest BCUT2D eigenvalue weighted by molar-refractivity contribution is 9.10. The average Bonchev–Trinajstić information content (AvgIpc) is 2.34. The van der Waals surface area contributed by atoms with E-state index in [1.54, 1.807) is 12.3 Å². The monoisotopic (exact) mass is 308 g/mol. The van der Waals surface area contributed by atoms with Crippen LogP contribution in [0.2, 0.25) is 0 Å². The number of ether oxygens (including phenoxy) is 1. The van der Waals surface area contributed by atoms with E-state index in [-0.39, 0.29) is 5.56 Å². The second-order valence-electron chi connectivity index (χ2n) is 3.80. The van der Waals surface area contributed by atoms with Crippen LogP contribution in [0.3, 0.4) is 0 Å². The number of benzene rings is 1. The molecule has 1 heterocycles. The van der Waals surface area contributed by atoms with Crippen molar-refractivity contribution in [3.8, 4) is 5.75 Å². The van der Waals surface area contributed by atoms with E-state index in [1.807, 2.05) is 24.3 Å². The molecule has 2 aromatic rings. The Morgan fingerprint density at radius 3 is 2.89 bits per heavy atom. The molecule has 0 amide bonds. The molecule has 0 aliphatic rings. The fraction of sp³-hybridized carbons (Fsp3) is 0.154. The number of hydrogen-bond acceptors (Lipinski definition) is 3. The Balaban J connectivity index is 1.96. The summed E-state index contributed by atoms with van der Waals surface area (Å²) in [6, 6.07) is 10.6. The predicted octanol–water partition coefficient (Wildman–Crippen LogP) is 2.27. The largest absolute Gasteiger partial charge is 0.492 e. The summed E-state index contributed by atoms with van der Waals surface area (Å²) in [6.07, 6.45) is 1.62. The molecule has 0 unspecified atom stereocenters. The molecule has 0 atom stereocenters. The molecule has 1 aromatic carbocycles. The summed E-state index contributed by atoms with van der Waals surface area (Å²) in [7, 11) is 0. The fourth-order valence-electron chi connectivity index (χ4n) is 1.54. The lowest BCUT2D eigenvalue weighted by atomic mass is 10.3. The molecule has 0 aliphatic carbocycles. The SMILES string of the molecule is Nc1ccc(=O)n(CCOc2cccc(Br)c2)c1. The Hall–Kier alpha value is -1.75. The van der Waals surface area contributed by atoms with Crippen LogP contribution in [0.1, 0.15) is 0 Å². The molecule has 4 nitrogen and oxygen atoms in total. The van der Waals surface area contributed by atoms with Crippen molar-refractivity contribution in [2.45, 2.75) is 6.54 Å². The first-order chi connectivity index (χ1) is 8.65. The zero-order valence-corrected chi connectivity index (χ0v) is 11.3. The van der Waals surface area contributed by atoms with Gasteiger partial charge in [0.15, 0.2) is 0 Å². The van der Waals surface area contributed by atoms with Gasteiger partial charge in [0.25, 0.3) is 5.56 Å². The van der Waals surface area contributed by atoms with Gasteiger partial charge in [-0.15, -0.1) is 0 Å². The Morgan fingerprint density at radius 2 is 2.11 bits per heavy atom. The van der Waals surface area contributed by atoms with Crippen LogP contribution in [-0.4, -0.2) is 11.2 Å². The minimum Gasteiger partial charge on any atom is -0.492 e. The number of hydrogen-bond donors (Lipinski definition) is 1.